The highest BCUT2D eigenvalue weighted by Gasteiger charge is 2.49. The predicted molar refractivity (Wildman–Crippen MR) is 86.9 cm³/mol. The van der Waals surface area contributed by atoms with Crippen LogP contribution in [-0.4, -0.2) is 36.1 Å². The average molecular weight is 324 g/mol. The number of urea groups is 2. The molecule has 0 aliphatic carbocycles. The Morgan fingerprint density at radius 3 is 2.54 bits per heavy atom. The van der Waals surface area contributed by atoms with E-state index in [4.69, 9.17) is 0 Å². The summed E-state index contributed by atoms with van der Waals surface area (Å²) in [5.74, 6) is -1.01. The van der Waals surface area contributed by atoms with E-state index in [0.717, 1.165) is 16.3 Å². The molecule has 3 N–H and O–H groups in total. The standard InChI is InChI=1S/C17H16N4O3/c1-21-14-12(15(22)20-17(21)24)13(18-16(23)19-14)11-8-4-6-9-5-2-3-7-10(9)11/h2-8,12-14H,1H3,(H2,18,19,23)(H,20,22,24). The Hall–Kier alpha value is -3.09. The molecule has 2 aromatic rings. The third kappa shape index (κ3) is 2.09. The maximum Gasteiger partial charge on any atom is 0.325 e. The summed E-state index contributed by atoms with van der Waals surface area (Å²) in [6, 6.07) is 12.2. The SMILES string of the molecule is CN1C(=O)NC(=O)C2C(c3cccc4ccccc34)NC(=O)NC21. The molecule has 7 nitrogen and oxygen atoms in total. The van der Waals surface area contributed by atoms with Crippen LogP contribution in [0, 0.1) is 5.92 Å². The summed E-state index contributed by atoms with van der Waals surface area (Å²) in [4.78, 5) is 37.8. The fraction of sp³-hybridized carbons (Fsp3) is 0.235. The number of rotatable bonds is 1. The van der Waals surface area contributed by atoms with Crippen molar-refractivity contribution in [3.8, 4) is 0 Å². The zero-order valence-electron chi connectivity index (χ0n) is 12.9. The highest BCUT2D eigenvalue weighted by atomic mass is 16.2. The minimum atomic E-state index is -0.677. The van der Waals surface area contributed by atoms with Crippen molar-refractivity contribution in [1.82, 2.24) is 20.9 Å². The lowest BCUT2D eigenvalue weighted by Crippen LogP contribution is -2.71. The van der Waals surface area contributed by atoms with Crippen LogP contribution in [-0.2, 0) is 4.79 Å². The number of imide groups is 1. The largest absolute Gasteiger partial charge is 0.330 e. The molecule has 7 heteroatoms. The molecule has 3 atom stereocenters. The Kier molecular flexibility index (Phi) is 3.16. The van der Waals surface area contributed by atoms with E-state index >= 15 is 0 Å². The number of benzene rings is 2. The molecule has 0 saturated carbocycles. The molecule has 2 aromatic carbocycles. The van der Waals surface area contributed by atoms with Gasteiger partial charge in [0, 0.05) is 7.05 Å². The third-order valence-corrected chi connectivity index (χ3v) is 4.69. The zero-order chi connectivity index (χ0) is 16.8. The van der Waals surface area contributed by atoms with Crippen molar-refractivity contribution in [1.29, 1.82) is 0 Å². The number of nitrogens with zero attached hydrogens (tertiary/aromatic N) is 1. The first-order valence-electron chi connectivity index (χ1n) is 7.68. The Morgan fingerprint density at radius 1 is 0.958 bits per heavy atom. The Bertz CT molecular complexity index is 861. The number of carbonyl (C=O) groups excluding carboxylic acids is 3. The van der Waals surface area contributed by atoms with E-state index in [-0.39, 0.29) is 0 Å². The monoisotopic (exact) mass is 324 g/mol. The normalized spacial score (nSPS) is 26.5. The molecule has 5 amide bonds. The van der Waals surface area contributed by atoms with Gasteiger partial charge in [-0.2, -0.15) is 0 Å². The summed E-state index contributed by atoms with van der Waals surface area (Å²) in [6.07, 6.45) is -0.677. The van der Waals surface area contributed by atoms with Crippen LogP contribution in [0.1, 0.15) is 11.6 Å². The van der Waals surface area contributed by atoms with Gasteiger partial charge in [0.1, 0.15) is 12.1 Å². The predicted octanol–water partition coefficient (Wildman–Crippen LogP) is 1.32. The number of hydrogen-bond donors (Lipinski definition) is 3. The molecule has 2 saturated heterocycles. The van der Waals surface area contributed by atoms with Crippen LogP contribution in [0.15, 0.2) is 42.5 Å². The highest BCUT2D eigenvalue weighted by Crippen LogP contribution is 2.34. The summed E-state index contributed by atoms with van der Waals surface area (Å²) >= 11 is 0. The quantitative estimate of drug-likeness (QED) is 0.739. The molecule has 2 aliphatic rings. The van der Waals surface area contributed by atoms with Crippen LogP contribution < -0.4 is 16.0 Å². The third-order valence-electron chi connectivity index (χ3n) is 4.69. The molecule has 4 rings (SSSR count). The Morgan fingerprint density at radius 2 is 1.71 bits per heavy atom. The van der Waals surface area contributed by atoms with Gasteiger partial charge < -0.3 is 15.5 Å². The number of carbonyl (C=O) groups is 3. The second-order valence-electron chi connectivity index (χ2n) is 6.04. The van der Waals surface area contributed by atoms with Crippen LogP contribution >= 0.6 is 0 Å². The van der Waals surface area contributed by atoms with Gasteiger partial charge in [-0.3, -0.25) is 10.1 Å². The maximum absolute atomic E-state index is 12.5. The number of nitrogens with one attached hydrogen (secondary N) is 3. The summed E-state index contributed by atoms with van der Waals surface area (Å²) < 4.78 is 0. The number of amides is 5. The first-order valence-corrected chi connectivity index (χ1v) is 7.68. The van der Waals surface area contributed by atoms with Gasteiger partial charge in [-0.1, -0.05) is 42.5 Å². The first kappa shape index (κ1) is 14.5. The van der Waals surface area contributed by atoms with E-state index in [1.165, 1.54) is 4.90 Å². The van der Waals surface area contributed by atoms with Crippen LogP contribution in [0.3, 0.4) is 0 Å². The second-order valence-corrected chi connectivity index (χ2v) is 6.04. The van der Waals surface area contributed by atoms with E-state index in [9.17, 15) is 14.4 Å². The van der Waals surface area contributed by atoms with Crippen molar-refractivity contribution in [2.45, 2.75) is 12.2 Å². The van der Waals surface area contributed by atoms with Crippen LogP contribution in [0.2, 0.25) is 0 Å². The second kappa shape index (κ2) is 5.23. The van der Waals surface area contributed by atoms with Gasteiger partial charge in [-0.15, -0.1) is 0 Å². The van der Waals surface area contributed by atoms with Crippen LogP contribution in [0.5, 0.6) is 0 Å². The van der Waals surface area contributed by atoms with Crippen molar-refractivity contribution in [2.75, 3.05) is 7.05 Å². The van der Waals surface area contributed by atoms with Crippen LogP contribution in [0.4, 0.5) is 9.59 Å². The van der Waals surface area contributed by atoms with E-state index in [1.807, 2.05) is 42.5 Å². The molecule has 0 aromatic heterocycles. The molecule has 0 radical (unpaired) electrons. The summed E-state index contributed by atoms with van der Waals surface area (Å²) in [6.45, 7) is 0. The van der Waals surface area contributed by atoms with Crippen molar-refractivity contribution >= 4 is 28.7 Å². The van der Waals surface area contributed by atoms with Gasteiger partial charge in [0.15, 0.2) is 0 Å². The van der Waals surface area contributed by atoms with Crippen molar-refractivity contribution < 1.29 is 14.4 Å². The van der Waals surface area contributed by atoms with Gasteiger partial charge in [0.25, 0.3) is 0 Å². The molecule has 0 bridgehead atoms. The molecular weight excluding hydrogens is 308 g/mol. The lowest BCUT2D eigenvalue weighted by molar-refractivity contribution is -0.130. The van der Waals surface area contributed by atoms with E-state index in [2.05, 4.69) is 16.0 Å². The van der Waals surface area contributed by atoms with E-state index in [0.29, 0.717) is 0 Å². The molecule has 3 unspecified atom stereocenters. The zero-order valence-corrected chi connectivity index (χ0v) is 12.9. The van der Waals surface area contributed by atoms with E-state index < -0.39 is 36.1 Å². The molecular formula is C17H16N4O3. The van der Waals surface area contributed by atoms with Crippen molar-refractivity contribution in [3.63, 3.8) is 0 Å². The van der Waals surface area contributed by atoms with Gasteiger partial charge in [0.05, 0.1) is 6.04 Å². The van der Waals surface area contributed by atoms with Gasteiger partial charge in [0.2, 0.25) is 5.91 Å². The summed E-state index contributed by atoms with van der Waals surface area (Å²) in [5, 5.41) is 9.86. The molecule has 2 fully saturated rings. The molecule has 2 heterocycles. The Labute approximate surface area is 138 Å². The fourth-order valence-corrected chi connectivity index (χ4v) is 3.51. The van der Waals surface area contributed by atoms with Gasteiger partial charge in [-0.05, 0) is 16.3 Å². The van der Waals surface area contributed by atoms with Gasteiger partial charge >= 0.3 is 12.1 Å². The molecule has 24 heavy (non-hydrogen) atoms. The first-order chi connectivity index (χ1) is 11.6. The smallest absolute Gasteiger partial charge is 0.325 e. The minimum absolute atomic E-state index is 0.395. The number of fused-ring (bicyclic) bond motifs is 2. The fourth-order valence-electron chi connectivity index (χ4n) is 3.51. The van der Waals surface area contributed by atoms with E-state index in [1.54, 1.807) is 7.05 Å². The topological polar surface area (TPSA) is 90.5 Å². The number of hydrogen-bond acceptors (Lipinski definition) is 3. The molecule has 2 aliphatic heterocycles. The Balaban J connectivity index is 1.85. The minimum Gasteiger partial charge on any atom is -0.330 e. The van der Waals surface area contributed by atoms with Crippen molar-refractivity contribution in [3.05, 3.63) is 48.0 Å². The lowest BCUT2D eigenvalue weighted by atomic mass is 9.84. The van der Waals surface area contributed by atoms with Crippen molar-refractivity contribution in [2.24, 2.45) is 5.92 Å². The lowest BCUT2D eigenvalue weighted by Gasteiger charge is -2.45. The maximum atomic E-state index is 12.5. The van der Waals surface area contributed by atoms with Gasteiger partial charge in [-0.25, -0.2) is 9.59 Å². The summed E-state index contributed by atoms with van der Waals surface area (Å²) in [7, 11) is 1.56. The summed E-state index contributed by atoms with van der Waals surface area (Å²) in [5.41, 5.74) is 0.857. The molecule has 0 spiro atoms. The average Bonchev–Trinajstić information content (AvgIpc) is 2.58. The molecule has 122 valence electrons. The van der Waals surface area contributed by atoms with Crippen LogP contribution in [0.25, 0.3) is 10.8 Å². The highest BCUT2D eigenvalue weighted by molar-refractivity contribution is 6.00.